The second-order valence-corrected chi connectivity index (χ2v) is 5.44. The van der Waals surface area contributed by atoms with Crippen LogP contribution >= 0.6 is 0 Å². The summed E-state index contributed by atoms with van der Waals surface area (Å²) in [7, 11) is 4.69. The molecule has 122 valence electrons. The van der Waals surface area contributed by atoms with Crippen molar-refractivity contribution in [3.63, 3.8) is 0 Å². The van der Waals surface area contributed by atoms with E-state index < -0.39 is 0 Å². The predicted octanol–water partition coefficient (Wildman–Crippen LogP) is 3.12. The lowest BCUT2D eigenvalue weighted by Crippen LogP contribution is -2.38. The van der Waals surface area contributed by atoms with Crippen LogP contribution in [0.1, 0.15) is 43.0 Å². The number of hydrogen-bond acceptors (Lipinski definition) is 4. The molecule has 0 saturated heterocycles. The third kappa shape index (κ3) is 3.13. The smallest absolute Gasteiger partial charge is 0.258 e. The number of rotatable bonds is 6. The van der Waals surface area contributed by atoms with Gasteiger partial charge in [0, 0.05) is 24.7 Å². The van der Waals surface area contributed by atoms with Crippen molar-refractivity contribution in [1.82, 2.24) is 4.90 Å². The number of methoxy groups -OCH3 is 3. The molecule has 2 rings (SSSR count). The SMILES string of the molecule is CCN(C(=O)c1cc(OC)c(OC)cc1OC)C1CCCC1. The van der Waals surface area contributed by atoms with Gasteiger partial charge in [0.1, 0.15) is 5.75 Å². The normalized spacial score (nSPS) is 14.7. The van der Waals surface area contributed by atoms with Crippen LogP contribution < -0.4 is 14.2 Å². The zero-order valence-corrected chi connectivity index (χ0v) is 13.8. The Balaban J connectivity index is 2.38. The molecule has 0 atom stereocenters. The summed E-state index contributed by atoms with van der Waals surface area (Å²) < 4.78 is 16.0. The standard InChI is InChI=1S/C17H25NO4/c1-5-18(12-8-6-7-9-12)17(19)13-10-15(21-3)16(22-4)11-14(13)20-2/h10-12H,5-9H2,1-4H3. The first-order valence-corrected chi connectivity index (χ1v) is 7.77. The van der Waals surface area contributed by atoms with Crippen molar-refractivity contribution >= 4 is 5.91 Å². The van der Waals surface area contributed by atoms with E-state index in [9.17, 15) is 4.79 Å². The van der Waals surface area contributed by atoms with Gasteiger partial charge in [-0.15, -0.1) is 0 Å². The van der Waals surface area contributed by atoms with Crippen molar-refractivity contribution in [3.05, 3.63) is 17.7 Å². The molecular formula is C17H25NO4. The molecule has 1 fully saturated rings. The van der Waals surface area contributed by atoms with Gasteiger partial charge in [-0.1, -0.05) is 12.8 Å². The van der Waals surface area contributed by atoms with Crippen LogP contribution in [0.4, 0.5) is 0 Å². The number of nitrogens with zero attached hydrogens (tertiary/aromatic N) is 1. The van der Waals surface area contributed by atoms with Crippen LogP contribution in [0.2, 0.25) is 0 Å². The minimum atomic E-state index is -0.00722. The molecule has 0 aliphatic heterocycles. The second-order valence-electron chi connectivity index (χ2n) is 5.44. The molecule has 0 bridgehead atoms. The fraction of sp³-hybridized carbons (Fsp3) is 0.588. The summed E-state index contributed by atoms with van der Waals surface area (Å²) in [5, 5.41) is 0. The fourth-order valence-corrected chi connectivity index (χ4v) is 3.13. The van der Waals surface area contributed by atoms with Gasteiger partial charge in [-0.3, -0.25) is 4.79 Å². The van der Waals surface area contributed by atoms with Crippen molar-refractivity contribution in [3.8, 4) is 17.2 Å². The van der Waals surface area contributed by atoms with E-state index in [1.165, 1.54) is 12.8 Å². The second kappa shape index (κ2) is 7.38. The molecule has 5 heteroatoms. The summed E-state index contributed by atoms with van der Waals surface area (Å²) in [5.41, 5.74) is 0.522. The van der Waals surface area contributed by atoms with E-state index >= 15 is 0 Å². The van der Waals surface area contributed by atoms with Gasteiger partial charge in [0.05, 0.1) is 26.9 Å². The van der Waals surface area contributed by atoms with Gasteiger partial charge in [0.25, 0.3) is 5.91 Å². The summed E-state index contributed by atoms with van der Waals surface area (Å²) in [4.78, 5) is 14.9. The Bertz CT molecular complexity index is 524. The molecule has 1 amide bonds. The van der Waals surface area contributed by atoms with E-state index in [4.69, 9.17) is 14.2 Å². The topological polar surface area (TPSA) is 48.0 Å². The molecule has 1 aromatic carbocycles. The van der Waals surface area contributed by atoms with Crippen molar-refractivity contribution in [1.29, 1.82) is 0 Å². The van der Waals surface area contributed by atoms with E-state index in [0.29, 0.717) is 35.4 Å². The van der Waals surface area contributed by atoms with Crippen molar-refractivity contribution < 1.29 is 19.0 Å². The maximum atomic E-state index is 13.0. The molecule has 1 aromatic rings. The molecule has 0 N–H and O–H groups in total. The maximum Gasteiger partial charge on any atom is 0.258 e. The van der Waals surface area contributed by atoms with Crippen molar-refractivity contribution in [2.75, 3.05) is 27.9 Å². The van der Waals surface area contributed by atoms with Crippen LogP contribution in [-0.2, 0) is 0 Å². The first-order valence-electron chi connectivity index (χ1n) is 7.77. The summed E-state index contributed by atoms with van der Waals surface area (Å²) in [5.74, 6) is 1.60. The number of carbonyl (C=O) groups is 1. The lowest BCUT2D eigenvalue weighted by atomic mass is 10.1. The number of ether oxygens (including phenoxy) is 3. The van der Waals surface area contributed by atoms with Crippen LogP contribution in [0.3, 0.4) is 0 Å². The number of hydrogen-bond donors (Lipinski definition) is 0. The molecule has 0 spiro atoms. The van der Waals surface area contributed by atoms with Crippen LogP contribution in [0, 0.1) is 0 Å². The minimum Gasteiger partial charge on any atom is -0.496 e. The molecule has 5 nitrogen and oxygen atoms in total. The summed E-state index contributed by atoms with van der Waals surface area (Å²) in [6, 6.07) is 3.74. The third-order valence-electron chi connectivity index (χ3n) is 4.30. The van der Waals surface area contributed by atoms with E-state index in [1.807, 2.05) is 11.8 Å². The van der Waals surface area contributed by atoms with Crippen LogP contribution in [-0.4, -0.2) is 44.7 Å². The molecular weight excluding hydrogens is 282 g/mol. The summed E-state index contributed by atoms with van der Waals surface area (Å²) in [6.45, 7) is 2.71. The van der Waals surface area contributed by atoms with Gasteiger partial charge in [-0.05, 0) is 19.8 Å². The number of carbonyl (C=O) groups excluding carboxylic acids is 1. The molecule has 0 radical (unpaired) electrons. The van der Waals surface area contributed by atoms with Crippen LogP contribution in [0.15, 0.2) is 12.1 Å². The van der Waals surface area contributed by atoms with Crippen LogP contribution in [0.25, 0.3) is 0 Å². The van der Waals surface area contributed by atoms with E-state index in [2.05, 4.69) is 0 Å². The Kier molecular flexibility index (Phi) is 5.52. The van der Waals surface area contributed by atoms with Gasteiger partial charge < -0.3 is 19.1 Å². The molecule has 0 heterocycles. The predicted molar refractivity (Wildman–Crippen MR) is 85.1 cm³/mol. The highest BCUT2D eigenvalue weighted by Gasteiger charge is 2.28. The zero-order valence-electron chi connectivity index (χ0n) is 13.8. The zero-order chi connectivity index (χ0) is 16.1. The molecule has 1 aliphatic rings. The number of amides is 1. The molecule has 1 aliphatic carbocycles. The van der Waals surface area contributed by atoms with Crippen molar-refractivity contribution in [2.45, 2.75) is 38.6 Å². The first-order chi connectivity index (χ1) is 10.7. The van der Waals surface area contributed by atoms with Gasteiger partial charge in [-0.25, -0.2) is 0 Å². The Labute approximate surface area is 132 Å². The van der Waals surface area contributed by atoms with Crippen molar-refractivity contribution in [2.24, 2.45) is 0 Å². The quantitative estimate of drug-likeness (QED) is 0.810. The fourth-order valence-electron chi connectivity index (χ4n) is 3.13. The molecule has 0 aromatic heterocycles. The molecule has 0 unspecified atom stereocenters. The lowest BCUT2D eigenvalue weighted by molar-refractivity contribution is 0.0689. The Morgan fingerprint density at radius 2 is 1.59 bits per heavy atom. The average molecular weight is 307 g/mol. The summed E-state index contributed by atoms with van der Waals surface area (Å²) in [6.07, 6.45) is 4.54. The minimum absolute atomic E-state index is 0.00722. The Morgan fingerprint density at radius 1 is 1.05 bits per heavy atom. The van der Waals surface area contributed by atoms with Gasteiger partial charge in [0.15, 0.2) is 11.5 Å². The maximum absolute atomic E-state index is 13.0. The average Bonchev–Trinajstić information content (AvgIpc) is 3.08. The Hall–Kier alpha value is -1.91. The van der Waals surface area contributed by atoms with E-state index in [-0.39, 0.29) is 5.91 Å². The number of benzene rings is 1. The van der Waals surface area contributed by atoms with Gasteiger partial charge >= 0.3 is 0 Å². The largest absolute Gasteiger partial charge is 0.496 e. The highest BCUT2D eigenvalue weighted by molar-refractivity contribution is 5.98. The first kappa shape index (κ1) is 16.5. The van der Waals surface area contributed by atoms with E-state index in [1.54, 1.807) is 33.5 Å². The monoisotopic (exact) mass is 307 g/mol. The van der Waals surface area contributed by atoms with E-state index in [0.717, 1.165) is 12.8 Å². The summed E-state index contributed by atoms with van der Waals surface area (Å²) >= 11 is 0. The highest BCUT2D eigenvalue weighted by Crippen LogP contribution is 2.36. The van der Waals surface area contributed by atoms with Gasteiger partial charge in [-0.2, -0.15) is 0 Å². The highest BCUT2D eigenvalue weighted by atomic mass is 16.5. The molecule has 1 saturated carbocycles. The van der Waals surface area contributed by atoms with Crippen LogP contribution in [0.5, 0.6) is 17.2 Å². The third-order valence-corrected chi connectivity index (χ3v) is 4.30. The lowest BCUT2D eigenvalue weighted by Gasteiger charge is -2.28. The molecule has 22 heavy (non-hydrogen) atoms. The van der Waals surface area contributed by atoms with Gasteiger partial charge in [0.2, 0.25) is 0 Å². The Morgan fingerprint density at radius 3 is 2.09 bits per heavy atom.